The lowest BCUT2D eigenvalue weighted by Crippen LogP contribution is -2.28. The number of non-ortho nitro benzene ring substituents is 1. The first-order valence-corrected chi connectivity index (χ1v) is 8.78. The Hall–Kier alpha value is -3.00. The van der Waals surface area contributed by atoms with Gasteiger partial charge in [0.1, 0.15) is 0 Å². The van der Waals surface area contributed by atoms with Gasteiger partial charge in [0.25, 0.3) is 11.6 Å². The van der Waals surface area contributed by atoms with Crippen LogP contribution < -0.4 is 0 Å². The molecule has 0 atom stereocenters. The van der Waals surface area contributed by atoms with E-state index in [0.717, 1.165) is 11.1 Å². The minimum Gasteiger partial charge on any atom is -0.287 e. The highest BCUT2D eigenvalue weighted by Crippen LogP contribution is 2.37. The van der Waals surface area contributed by atoms with Gasteiger partial charge in [-0.2, -0.15) is 0 Å². The van der Waals surface area contributed by atoms with Crippen LogP contribution in [0.25, 0.3) is 5.57 Å². The van der Waals surface area contributed by atoms with Crippen molar-refractivity contribution in [1.29, 1.82) is 0 Å². The monoisotopic (exact) mass is 368 g/mol. The zero-order valence-corrected chi connectivity index (χ0v) is 15.1. The molecule has 1 aromatic carbocycles. The number of amidine groups is 1. The molecule has 0 unspecified atom stereocenters. The number of nitro benzene ring substituents is 1. The summed E-state index contributed by atoms with van der Waals surface area (Å²) in [7, 11) is 0. The van der Waals surface area contributed by atoms with Crippen LogP contribution in [0.1, 0.15) is 19.4 Å². The van der Waals surface area contributed by atoms with E-state index in [1.165, 1.54) is 23.9 Å². The summed E-state index contributed by atoms with van der Waals surface area (Å²) in [5.74, 6) is 0.415. The van der Waals surface area contributed by atoms with Gasteiger partial charge in [0.15, 0.2) is 11.0 Å². The van der Waals surface area contributed by atoms with E-state index >= 15 is 0 Å². The minimum atomic E-state index is -0.446. The molecule has 1 amide bonds. The number of aromatic nitrogens is 1. The maximum Gasteiger partial charge on any atom is 0.269 e. The third-order valence-electron chi connectivity index (χ3n) is 3.89. The van der Waals surface area contributed by atoms with Crippen LogP contribution in [0.4, 0.5) is 11.5 Å². The molecular formula is C18H16N4O3S. The van der Waals surface area contributed by atoms with Crippen LogP contribution in [-0.2, 0) is 4.79 Å². The smallest absolute Gasteiger partial charge is 0.269 e. The standard InChI is InChI=1S/C18H16N4O3S/c1-3-21-17(23)16(26-18(21)20-15-6-4-5-11-19-15)12(2)13-7-9-14(10-8-13)22(24)25/h4-11H,3H2,1-2H3/b16-12-,20-18+. The fraction of sp³-hybridized carbons (Fsp3) is 0.167. The van der Waals surface area contributed by atoms with Crippen molar-refractivity contribution in [3.8, 4) is 0 Å². The van der Waals surface area contributed by atoms with Gasteiger partial charge in [0.2, 0.25) is 0 Å². The summed E-state index contributed by atoms with van der Waals surface area (Å²) in [6, 6.07) is 11.6. The van der Waals surface area contributed by atoms with E-state index in [-0.39, 0.29) is 11.6 Å². The summed E-state index contributed by atoms with van der Waals surface area (Å²) < 4.78 is 0. The van der Waals surface area contributed by atoms with E-state index in [0.29, 0.717) is 22.4 Å². The van der Waals surface area contributed by atoms with Gasteiger partial charge in [-0.05, 0) is 61.0 Å². The molecule has 7 nitrogen and oxygen atoms in total. The molecule has 1 aromatic heterocycles. The molecule has 1 aliphatic heterocycles. The molecule has 26 heavy (non-hydrogen) atoms. The molecule has 1 fully saturated rings. The van der Waals surface area contributed by atoms with Gasteiger partial charge >= 0.3 is 0 Å². The lowest BCUT2D eigenvalue weighted by Gasteiger charge is -2.11. The molecule has 132 valence electrons. The predicted molar refractivity (Wildman–Crippen MR) is 102 cm³/mol. The van der Waals surface area contributed by atoms with Gasteiger partial charge in [0, 0.05) is 24.9 Å². The fourth-order valence-electron chi connectivity index (χ4n) is 2.48. The molecule has 0 saturated carbocycles. The van der Waals surface area contributed by atoms with Crippen molar-refractivity contribution in [3.63, 3.8) is 0 Å². The number of aliphatic imine (C=N–C) groups is 1. The van der Waals surface area contributed by atoms with E-state index in [1.807, 2.05) is 19.9 Å². The molecule has 0 aliphatic carbocycles. The first-order valence-electron chi connectivity index (χ1n) is 7.96. The quantitative estimate of drug-likeness (QED) is 0.462. The zero-order valence-electron chi connectivity index (χ0n) is 14.2. The third kappa shape index (κ3) is 3.50. The van der Waals surface area contributed by atoms with Crippen molar-refractivity contribution in [1.82, 2.24) is 9.88 Å². The molecule has 0 radical (unpaired) electrons. The molecular weight excluding hydrogens is 352 g/mol. The highest BCUT2D eigenvalue weighted by Gasteiger charge is 2.34. The van der Waals surface area contributed by atoms with Crippen molar-refractivity contribution in [2.75, 3.05) is 6.54 Å². The first-order chi connectivity index (χ1) is 12.5. The number of nitro groups is 1. The van der Waals surface area contributed by atoms with Crippen molar-refractivity contribution in [2.45, 2.75) is 13.8 Å². The molecule has 0 N–H and O–H groups in total. The Morgan fingerprint density at radius 2 is 2.00 bits per heavy atom. The van der Waals surface area contributed by atoms with Crippen molar-refractivity contribution < 1.29 is 9.72 Å². The molecule has 2 heterocycles. The lowest BCUT2D eigenvalue weighted by molar-refractivity contribution is -0.384. The van der Waals surface area contributed by atoms with Gasteiger partial charge in [-0.3, -0.25) is 19.8 Å². The number of hydrogen-bond acceptors (Lipinski definition) is 6. The Morgan fingerprint density at radius 3 is 2.58 bits per heavy atom. The predicted octanol–water partition coefficient (Wildman–Crippen LogP) is 4.00. The van der Waals surface area contributed by atoms with Gasteiger partial charge < -0.3 is 0 Å². The number of carbonyl (C=O) groups is 1. The van der Waals surface area contributed by atoms with E-state index in [2.05, 4.69) is 9.98 Å². The molecule has 0 spiro atoms. The number of carbonyl (C=O) groups excluding carboxylic acids is 1. The van der Waals surface area contributed by atoms with Gasteiger partial charge in [0.05, 0.1) is 9.83 Å². The van der Waals surface area contributed by atoms with Crippen LogP contribution in [0.5, 0.6) is 0 Å². The van der Waals surface area contributed by atoms with Crippen molar-refractivity contribution in [3.05, 3.63) is 69.2 Å². The Kier molecular flexibility index (Phi) is 5.13. The Bertz CT molecular complexity index is 908. The number of rotatable bonds is 4. The highest BCUT2D eigenvalue weighted by atomic mass is 32.2. The van der Waals surface area contributed by atoms with E-state index in [1.54, 1.807) is 35.4 Å². The number of thioether (sulfide) groups is 1. The Morgan fingerprint density at radius 1 is 1.27 bits per heavy atom. The molecule has 1 aliphatic rings. The summed E-state index contributed by atoms with van der Waals surface area (Å²) in [6.07, 6.45) is 1.65. The Balaban J connectivity index is 1.97. The average molecular weight is 368 g/mol. The largest absolute Gasteiger partial charge is 0.287 e. The first kappa shape index (κ1) is 17.8. The second-order valence-electron chi connectivity index (χ2n) is 5.49. The van der Waals surface area contributed by atoms with Gasteiger partial charge in [-0.15, -0.1) is 0 Å². The summed E-state index contributed by atoms with van der Waals surface area (Å²) in [6.45, 7) is 4.21. The summed E-state index contributed by atoms with van der Waals surface area (Å²) >= 11 is 1.29. The van der Waals surface area contributed by atoms with Crippen LogP contribution in [0, 0.1) is 10.1 Å². The number of hydrogen-bond donors (Lipinski definition) is 0. The van der Waals surface area contributed by atoms with Crippen LogP contribution in [0.2, 0.25) is 0 Å². The van der Waals surface area contributed by atoms with Crippen LogP contribution in [0.3, 0.4) is 0 Å². The van der Waals surface area contributed by atoms with Gasteiger partial charge in [-0.1, -0.05) is 6.07 Å². The molecule has 1 saturated heterocycles. The average Bonchev–Trinajstić information content (AvgIpc) is 2.97. The number of likely N-dealkylation sites (N-methyl/N-ethyl adjacent to an activating group) is 1. The third-order valence-corrected chi connectivity index (χ3v) is 5.07. The lowest BCUT2D eigenvalue weighted by atomic mass is 10.1. The second kappa shape index (κ2) is 7.49. The Labute approximate surface area is 154 Å². The molecule has 8 heteroatoms. The number of benzene rings is 1. The molecule has 3 rings (SSSR count). The normalized spacial score (nSPS) is 17.7. The topological polar surface area (TPSA) is 88.7 Å². The SMILES string of the molecule is CCN1C(=O)/C(=C(\C)c2ccc([N+](=O)[O-])cc2)S/C1=N/c1ccccn1. The maximum absolute atomic E-state index is 12.8. The number of allylic oxidation sites excluding steroid dienone is 1. The van der Waals surface area contributed by atoms with Crippen LogP contribution in [0.15, 0.2) is 58.6 Å². The number of nitrogens with zero attached hydrogens (tertiary/aromatic N) is 4. The number of amides is 1. The summed E-state index contributed by atoms with van der Waals surface area (Å²) in [5.41, 5.74) is 1.55. The van der Waals surface area contributed by atoms with Crippen molar-refractivity contribution >= 4 is 39.9 Å². The summed E-state index contributed by atoms with van der Waals surface area (Å²) in [5, 5.41) is 11.4. The van der Waals surface area contributed by atoms with E-state index in [9.17, 15) is 14.9 Å². The second-order valence-corrected chi connectivity index (χ2v) is 6.47. The minimum absolute atomic E-state index is 0.0181. The van der Waals surface area contributed by atoms with Crippen LogP contribution >= 0.6 is 11.8 Å². The van der Waals surface area contributed by atoms with E-state index < -0.39 is 4.92 Å². The molecule has 0 bridgehead atoms. The van der Waals surface area contributed by atoms with Gasteiger partial charge in [-0.25, -0.2) is 9.98 Å². The van der Waals surface area contributed by atoms with Crippen molar-refractivity contribution in [2.24, 2.45) is 4.99 Å². The summed E-state index contributed by atoms with van der Waals surface area (Å²) in [4.78, 5) is 33.9. The van der Waals surface area contributed by atoms with Crippen LogP contribution in [-0.4, -0.2) is 32.4 Å². The fourth-order valence-corrected chi connectivity index (χ4v) is 3.59. The molecule has 2 aromatic rings. The highest BCUT2D eigenvalue weighted by molar-refractivity contribution is 8.18. The zero-order chi connectivity index (χ0) is 18.7. The number of pyridine rings is 1. The maximum atomic E-state index is 12.8. The van der Waals surface area contributed by atoms with E-state index in [4.69, 9.17) is 0 Å².